The van der Waals surface area contributed by atoms with Crippen LogP contribution in [-0.4, -0.2) is 11.4 Å². The van der Waals surface area contributed by atoms with E-state index in [1.165, 1.54) is 175 Å². The van der Waals surface area contributed by atoms with E-state index in [4.69, 9.17) is 0 Å². The Morgan fingerprint density at radius 3 is 1.82 bits per heavy atom. The summed E-state index contributed by atoms with van der Waals surface area (Å²) in [7, 11) is 0. The maximum atomic E-state index is 2.82. The highest BCUT2D eigenvalue weighted by Crippen LogP contribution is 2.63. The van der Waals surface area contributed by atoms with Crippen LogP contribution in [0.25, 0.3) is 69.9 Å². The van der Waals surface area contributed by atoms with Gasteiger partial charge < -0.3 is 9.38 Å². The van der Waals surface area contributed by atoms with Gasteiger partial charge in [-0.2, -0.15) is 0 Å². The van der Waals surface area contributed by atoms with Crippen LogP contribution in [0.1, 0.15) is 93.7 Å². The number of anilines is 2. The second-order valence-corrected chi connectivity index (χ2v) is 24.9. The molecule has 0 N–H and O–H groups in total. The van der Waals surface area contributed by atoms with Crippen LogP contribution < -0.4 is 15.7 Å². The molecule has 8 fully saturated rings. The van der Waals surface area contributed by atoms with Crippen molar-refractivity contribution in [3.63, 3.8) is 0 Å². The van der Waals surface area contributed by atoms with Gasteiger partial charge in [0.15, 0.2) is 0 Å². The Morgan fingerprint density at radius 2 is 1.12 bits per heavy atom. The van der Waals surface area contributed by atoms with Gasteiger partial charge in [0, 0.05) is 53.6 Å². The predicted molar refractivity (Wildman–Crippen MR) is 283 cm³/mol. The molecule has 8 bridgehead atoms. The minimum atomic E-state index is 0.0267. The molecule has 67 heavy (non-hydrogen) atoms. The normalized spacial score (nSPS) is 29.2. The number of benzene rings is 7. The third kappa shape index (κ3) is 5.03. The van der Waals surface area contributed by atoms with Crippen molar-refractivity contribution in [1.82, 2.24) is 4.57 Å². The van der Waals surface area contributed by atoms with Crippen molar-refractivity contribution < 1.29 is 0 Å². The Labute approximate surface area is 398 Å². The van der Waals surface area contributed by atoms with Crippen LogP contribution >= 0.6 is 11.3 Å². The number of thiophene rings is 1. The molecular formula is C63H55BN2S. The maximum Gasteiger partial charge on any atom is 0.333 e. The van der Waals surface area contributed by atoms with E-state index < -0.39 is 0 Å². The van der Waals surface area contributed by atoms with Gasteiger partial charge in [0.1, 0.15) is 0 Å². The van der Waals surface area contributed by atoms with Crippen molar-refractivity contribution in [3.8, 4) is 27.9 Å². The molecule has 7 aromatic carbocycles. The quantitative estimate of drug-likeness (QED) is 0.160. The highest BCUT2D eigenvalue weighted by atomic mass is 32.1. The second-order valence-electron chi connectivity index (χ2n) is 23.8. The molecule has 9 aromatic rings. The van der Waals surface area contributed by atoms with Crippen LogP contribution in [0.5, 0.6) is 0 Å². The standard InChI is InChI=1S/C63H55BN2S/c1-36-17-52-50-29-59-51(48-9-5-6-10-58(48)67-59)28-56(50)66(47-14-11-44(12-15-47)43-7-3-2-4-8-43)64-54-27-46(63-33-40-22-41(34-63)24-42(23-40)35-63)26-53-49-25-45(62-30-37-19-38(31-62)21-39(20-37)32-62)13-16-55(49)65(61(53)54)57(18-36)60(52)64/h2-18,25-29,37-42H,19-24,30-35H2,1H3. The van der Waals surface area contributed by atoms with Gasteiger partial charge in [-0.3, -0.25) is 0 Å². The summed E-state index contributed by atoms with van der Waals surface area (Å²) in [5, 5.41) is 5.76. The van der Waals surface area contributed by atoms with Crippen LogP contribution in [0.2, 0.25) is 0 Å². The molecule has 2 nitrogen and oxygen atoms in total. The van der Waals surface area contributed by atoms with Gasteiger partial charge in [0.2, 0.25) is 0 Å². The summed E-state index contributed by atoms with van der Waals surface area (Å²) < 4.78 is 5.51. The molecule has 2 aromatic heterocycles. The number of rotatable bonds is 4. The molecule has 0 saturated heterocycles. The Kier molecular flexibility index (Phi) is 7.22. The molecule has 0 amide bonds. The molecular weight excluding hydrogens is 828 g/mol. The predicted octanol–water partition coefficient (Wildman–Crippen LogP) is 15.3. The Balaban J connectivity index is 0.971. The van der Waals surface area contributed by atoms with Crippen LogP contribution in [0.4, 0.5) is 11.4 Å². The van der Waals surface area contributed by atoms with Gasteiger partial charge in [-0.25, -0.2) is 0 Å². The van der Waals surface area contributed by atoms with Gasteiger partial charge in [-0.1, -0.05) is 78.9 Å². The van der Waals surface area contributed by atoms with E-state index in [2.05, 4.69) is 150 Å². The fourth-order valence-corrected chi connectivity index (χ4v) is 19.3. The minimum absolute atomic E-state index is 0.0267. The lowest BCUT2D eigenvalue weighted by atomic mass is 9.42. The minimum Gasteiger partial charge on any atom is -0.376 e. The average Bonchev–Trinajstić information content (AvgIpc) is 3.87. The van der Waals surface area contributed by atoms with Crippen molar-refractivity contribution in [3.05, 3.63) is 150 Å². The molecule has 4 heterocycles. The topological polar surface area (TPSA) is 8.17 Å². The number of nitrogens with zero attached hydrogens (tertiary/aromatic N) is 2. The van der Waals surface area contributed by atoms with Crippen LogP contribution in [0.3, 0.4) is 0 Å². The molecule has 10 aliphatic rings. The summed E-state index contributed by atoms with van der Waals surface area (Å²) in [6.45, 7) is 2.37. The molecule has 0 radical (unpaired) electrons. The maximum absolute atomic E-state index is 2.82. The van der Waals surface area contributed by atoms with E-state index in [0.717, 1.165) is 35.5 Å². The van der Waals surface area contributed by atoms with Gasteiger partial charge in [0.25, 0.3) is 0 Å². The summed E-state index contributed by atoms with van der Waals surface area (Å²) >= 11 is 1.95. The van der Waals surface area contributed by atoms with Crippen LogP contribution in [0.15, 0.2) is 133 Å². The fraction of sp³-hybridized carbons (Fsp3) is 0.333. The molecule has 326 valence electrons. The van der Waals surface area contributed by atoms with E-state index in [1.807, 2.05) is 11.3 Å². The lowest BCUT2D eigenvalue weighted by Crippen LogP contribution is -2.61. The lowest BCUT2D eigenvalue weighted by molar-refractivity contribution is -0.00526. The zero-order chi connectivity index (χ0) is 43.5. The Hall–Kier alpha value is -5.58. The van der Waals surface area contributed by atoms with E-state index in [0.29, 0.717) is 5.41 Å². The zero-order valence-electron chi connectivity index (χ0n) is 38.5. The summed E-state index contributed by atoms with van der Waals surface area (Å²) in [5.41, 5.74) is 20.4. The zero-order valence-corrected chi connectivity index (χ0v) is 39.3. The molecule has 0 atom stereocenters. The number of hydrogen-bond donors (Lipinski definition) is 0. The molecule has 0 unspecified atom stereocenters. The van der Waals surface area contributed by atoms with Gasteiger partial charge in [-0.05, 0) is 229 Å². The SMILES string of the molecule is Cc1cc2c3c(c1)-n1c4ccc(C56CC7CC(CC(C7)C5)C6)cc4c4cc(C56CC7CC(CC(C7)C5)C6)cc(c41)B3N(c1ccc(-c3ccccc3)cc1)c1cc3c(cc1-2)sc1ccccc13. The van der Waals surface area contributed by atoms with Crippen molar-refractivity contribution in [2.75, 3.05) is 4.81 Å². The average molecular weight is 883 g/mol. The number of hydrogen-bond acceptors (Lipinski definition) is 2. The van der Waals surface area contributed by atoms with E-state index in [-0.39, 0.29) is 12.3 Å². The molecule has 8 saturated carbocycles. The molecule has 4 heteroatoms. The monoisotopic (exact) mass is 882 g/mol. The third-order valence-electron chi connectivity index (χ3n) is 19.9. The van der Waals surface area contributed by atoms with Gasteiger partial charge >= 0.3 is 6.85 Å². The third-order valence-corrected chi connectivity index (χ3v) is 21.0. The van der Waals surface area contributed by atoms with Gasteiger partial charge in [0.05, 0.1) is 11.0 Å². The van der Waals surface area contributed by atoms with Gasteiger partial charge in [-0.15, -0.1) is 11.3 Å². The first-order chi connectivity index (χ1) is 32.9. The second kappa shape index (κ2) is 12.9. The highest BCUT2D eigenvalue weighted by Gasteiger charge is 2.54. The van der Waals surface area contributed by atoms with Crippen LogP contribution in [0, 0.1) is 42.4 Å². The van der Waals surface area contributed by atoms with Crippen molar-refractivity contribution >= 4 is 82.5 Å². The summed E-state index contributed by atoms with van der Waals surface area (Å²) in [6, 6.07) is 53.5. The number of fused-ring (bicyclic) bond motifs is 10. The summed E-state index contributed by atoms with van der Waals surface area (Å²) in [6.07, 6.45) is 17.2. The number of aryl methyl sites for hydroxylation is 1. The van der Waals surface area contributed by atoms with E-state index >= 15 is 0 Å². The molecule has 19 rings (SSSR count). The first-order valence-electron chi connectivity index (χ1n) is 26.1. The van der Waals surface area contributed by atoms with Crippen molar-refractivity contribution in [1.29, 1.82) is 0 Å². The fourth-order valence-electron chi connectivity index (χ4n) is 18.1. The highest BCUT2D eigenvalue weighted by molar-refractivity contribution is 7.25. The van der Waals surface area contributed by atoms with Crippen molar-refractivity contribution in [2.24, 2.45) is 35.5 Å². The smallest absolute Gasteiger partial charge is 0.333 e. The molecule has 8 aliphatic carbocycles. The first-order valence-corrected chi connectivity index (χ1v) is 26.9. The number of aromatic nitrogens is 1. The summed E-state index contributed by atoms with van der Waals surface area (Å²) in [4.78, 5) is 2.80. The largest absolute Gasteiger partial charge is 0.376 e. The van der Waals surface area contributed by atoms with E-state index in [9.17, 15) is 0 Å². The Bertz CT molecular complexity index is 3560. The molecule has 0 spiro atoms. The van der Waals surface area contributed by atoms with E-state index in [1.54, 1.807) is 11.1 Å². The molecule has 2 aliphatic heterocycles. The van der Waals surface area contributed by atoms with Crippen LogP contribution in [-0.2, 0) is 10.8 Å². The van der Waals surface area contributed by atoms with Crippen molar-refractivity contribution in [2.45, 2.75) is 94.8 Å². The summed E-state index contributed by atoms with van der Waals surface area (Å²) in [5.74, 6) is 5.46. The Morgan fingerprint density at radius 1 is 0.493 bits per heavy atom. The first kappa shape index (κ1) is 37.4. The lowest BCUT2D eigenvalue weighted by Gasteiger charge is -2.57.